The molecule has 0 atom stereocenters. The molecule has 4 heteroatoms. The second kappa shape index (κ2) is 6.13. The van der Waals surface area contributed by atoms with Gasteiger partial charge in [-0.3, -0.25) is 4.79 Å². The van der Waals surface area contributed by atoms with Gasteiger partial charge in [0.15, 0.2) is 0 Å². The predicted molar refractivity (Wildman–Crippen MR) is 68.9 cm³/mol. The molecule has 94 valence electrons. The van der Waals surface area contributed by atoms with Crippen molar-refractivity contribution in [2.75, 3.05) is 12.3 Å². The number of benzene rings is 1. The normalized spacial score (nSPS) is 10.5. The van der Waals surface area contributed by atoms with Gasteiger partial charge in [-0.25, -0.2) is 0 Å². The first kappa shape index (κ1) is 13.4. The van der Waals surface area contributed by atoms with Crippen molar-refractivity contribution >= 4 is 11.6 Å². The van der Waals surface area contributed by atoms with E-state index in [1.807, 2.05) is 0 Å². The first-order valence-corrected chi connectivity index (χ1v) is 5.95. The second-order valence-electron chi connectivity index (χ2n) is 4.16. The summed E-state index contributed by atoms with van der Waals surface area (Å²) in [4.78, 5) is 11.9. The van der Waals surface area contributed by atoms with Crippen LogP contribution in [0.1, 0.15) is 37.0 Å². The van der Waals surface area contributed by atoms with Crippen molar-refractivity contribution < 1.29 is 9.90 Å². The number of phenolic OH excluding ortho intramolecular Hbond substituents is 1. The van der Waals surface area contributed by atoms with Crippen LogP contribution in [0.25, 0.3) is 0 Å². The Bertz CT molecular complexity index is 387. The summed E-state index contributed by atoms with van der Waals surface area (Å²) in [6.45, 7) is 4.84. The maximum atomic E-state index is 11.9. The number of nitrogens with two attached hydrogens (primary N) is 1. The maximum absolute atomic E-state index is 11.9. The minimum atomic E-state index is -0.231. The fourth-order valence-corrected chi connectivity index (χ4v) is 1.65. The van der Waals surface area contributed by atoms with Crippen LogP contribution in [0.3, 0.4) is 0 Å². The fraction of sp³-hybridized carbons (Fsp3) is 0.462. The molecule has 4 nitrogen and oxygen atoms in total. The number of hydrogen-bond donors (Lipinski definition) is 3. The molecule has 1 amide bonds. The van der Waals surface area contributed by atoms with Gasteiger partial charge < -0.3 is 16.2 Å². The summed E-state index contributed by atoms with van der Waals surface area (Å²) < 4.78 is 0. The van der Waals surface area contributed by atoms with E-state index in [-0.39, 0.29) is 11.7 Å². The summed E-state index contributed by atoms with van der Waals surface area (Å²) in [7, 11) is 0. The Hall–Kier alpha value is -1.71. The minimum absolute atomic E-state index is 0.0480. The third-order valence-electron chi connectivity index (χ3n) is 2.99. The molecular weight excluding hydrogens is 216 g/mol. The smallest absolute Gasteiger partial charge is 0.253 e. The lowest BCUT2D eigenvalue weighted by Gasteiger charge is -2.14. The molecule has 0 saturated carbocycles. The molecule has 0 spiro atoms. The number of carbonyl (C=O) groups excluding carboxylic acids is 1. The topological polar surface area (TPSA) is 75.3 Å². The molecule has 17 heavy (non-hydrogen) atoms. The Labute approximate surface area is 102 Å². The molecule has 0 heterocycles. The van der Waals surface area contributed by atoms with Crippen LogP contribution in [0.5, 0.6) is 5.75 Å². The molecule has 4 N–H and O–H groups in total. The summed E-state index contributed by atoms with van der Waals surface area (Å²) in [5.74, 6) is 0.301. The fourth-order valence-electron chi connectivity index (χ4n) is 1.65. The van der Waals surface area contributed by atoms with Crippen LogP contribution in [0.4, 0.5) is 5.69 Å². The molecule has 0 aliphatic carbocycles. The summed E-state index contributed by atoms with van der Waals surface area (Å²) in [5.41, 5.74) is 6.40. The first-order chi connectivity index (χ1) is 8.08. The summed E-state index contributed by atoms with van der Waals surface area (Å²) in [6, 6.07) is 4.38. The minimum Gasteiger partial charge on any atom is -0.508 e. The zero-order valence-electron chi connectivity index (χ0n) is 10.4. The highest BCUT2D eigenvalue weighted by atomic mass is 16.3. The number of carbonyl (C=O) groups is 1. The lowest BCUT2D eigenvalue weighted by atomic mass is 10.0. The van der Waals surface area contributed by atoms with Crippen molar-refractivity contribution in [3.8, 4) is 5.75 Å². The van der Waals surface area contributed by atoms with Crippen molar-refractivity contribution in [3.63, 3.8) is 0 Å². The Kier molecular flexibility index (Phi) is 4.82. The van der Waals surface area contributed by atoms with Gasteiger partial charge in [-0.05, 0) is 24.1 Å². The number of nitrogen functional groups attached to an aromatic ring is 1. The molecule has 1 rings (SSSR count). The van der Waals surface area contributed by atoms with Gasteiger partial charge in [-0.15, -0.1) is 0 Å². The number of aromatic hydroxyl groups is 1. The van der Waals surface area contributed by atoms with Crippen LogP contribution in [-0.4, -0.2) is 17.6 Å². The largest absolute Gasteiger partial charge is 0.508 e. The second-order valence-corrected chi connectivity index (χ2v) is 4.16. The van der Waals surface area contributed by atoms with E-state index < -0.39 is 0 Å². The van der Waals surface area contributed by atoms with Gasteiger partial charge in [0.1, 0.15) is 5.75 Å². The SMILES string of the molecule is CCC(CC)CNC(=O)c1cc(O)ccc1N. The molecule has 0 saturated heterocycles. The molecule has 0 radical (unpaired) electrons. The highest BCUT2D eigenvalue weighted by molar-refractivity contribution is 5.99. The molecule has 1 aromatic rings. The number of phenols is 1. The van der Waals surface area contributed by atoms with Gasteiger partial charge in [0.25, 0.3) is 5.91 Å². The number of nitrogens with one attached hydrogen (secondary N) is 1. The van der Waals surface area contributed by atoms with Gasteiger partial charge in [0.05, 0.1) is 5.56 Å². The van der Waals surface area contributed by atoms with Gasteiger partial charge >= 0.3 is 0 Å². The van der Waals surface area contributed by atoms with E-state index in [1.165, 1.54) is 18.2 Å². The molecular formula is C13H20N2O2. The average molecular weight is 236 g/mol. The number of anilines is 1. The number of amides is 1. The molecule has 0 unspecified atom stereocenters. The lowest BCUT2D eigenvalue weighted by Crippen LogP contribution is -2.29. The maximum Gasteiger partial charge on any atom is 0.253 e. The average Bonchev–Trinajstić information content (AvgIpc) is 2.33. The van der Waals surface area contributed by atoms with Crippen LogP contribution < -0.4 is 11.1 Å². The lowest BCUT2D eigenvalue weighted by molar-refractivity contribution is 0.0947. The van der Waals surface area contributed by atoms with Crippen molar-refractivity contribution in [3.05, 3.63) is 23.8 Å². The number of hydrogen-bond acceptors (Lipinski definition) is 3. The van der Waals surface area contributed by atoms with Crippen LogP contribution in [-0.2, 0) is 0 Å². The van der Waals surface area contributed by atoms with Crippen LogP contribution in [0, 0.1) is 5.92 Å². The Morgan fingerprint density at radius 2 is 2.06 bits per heavy atom. The van der Waals surface area contributed by atoms with E-state index >= 15 is 0 Å². The number of rotatable bonds is 5. The molecule has 0 aromatic heterocycles. The Morgan fingerprint density at radius 1 is 1.41 bits per heavy atom. The summed E-state index contributed by atoms with van der Waals surface area (Å²) >= 11 is 0. The Balaban J connectivity index is 2.66. The third-order valence-corrected chi connectivity index (χ3v) is 2.99. The highest BCUT2D eigenvalue weighted by Gasteiger charge is 2.12. The van der Waals surface area contributed by atoms with Crippen molar-refractivity contribution in [1.82, 2.24) is 5.32 Å². The van der Waals surface area contributed by atoms with Gasteiger partial charge in [-0.2, -0.15) is 0 Å². The van der Waals surface area contributed by atoms with Crippen molar-refractivity contribution in [2.24, 2.45) is 5.92 Å². The van der Waals surface area contributed by atoms with E-state index in [0.717, 1.165) is 12.8 Å². The van der Waals surface area contributed by atoms with Gasteiger partial charge in [-0.1, -0.05) is 26.7 Å². The molecule has 1 aromatic carbocycles. The van der Waals surface area contributed by atoms with Crippen LogP contribution >= 0.6 is 0 Å². The molecule has 0 aliphatic rings. The summed E-state index contributed by atoms with van der Waals surface area (Å²) in [6.07, 6.45) is 2.07. The third kappa shape index (κ3) is 3.66. The first-order valence-electron chi connectivity index (χ1n) is 5.95. The van der Waals surface area contributed by atoms with E-state index in [4.69, 9.17) is 5.73 Å². The van der Waals surface area contributed by atoms with Gasteiger partial charge in [0, 0.05) is 12.2 Å². The summed E-state index contributed by atoms with van der Waals surface area (Å²) in [5, 5.41) is 12.2. The van der Waals surface area contributed by atoms with Crippen LogP contribution in [0.2, 0.25) is 0 Å². The molecule has 0 fully saturated rings. The van der Waals surface area contributed by atoms with Crippen LogP contribution in [0.15, 0.2) is 18.2 Å². The monoisotopic (exact) mass is 236 g/mol. The van der Waals surface area contributed by atoms with E-state index in [2.05, 4.69) is 19.2 Å². The predicted octanol–water partition coefficient (Wildman–Crippen LogP) is 2.14. The van der Waals surface area contributed by atoms with Gasteiger partial charge in [0.2, 0.25) is 0 Å². The van der Waals surface area contributed by atoms with E-state index in [9.17, 15) is 9.90 Å². The Morgan fingerprint density at radius 3 is 2.65 bits per heavy atom. The molecule has 0 bridgehead atoms. The van der Waals surface area contributed by atoms with Crippen molar-refractivity contribution in [1.29, 1.82) is 0 Å². The van der Waals surface area contributed by atoms with E-state index in [1.54, 1.807) is 0 Å². The van der Waals surface area contributed by atoms with Crippen molar-refractivity contribution in [2.45, 2.75) is 26.7 Å². The zero-order chi connectivity index (χ0) is 12.8. The molecule has 0 aliphatic heterocycles. The standard InChI is InChI=1S/C13H20N2O2/c1-3-9(4-2)8-15-13(17)11-7-10(16)5-6-12(11)14/h5-7,9,16H,3-4,8,14H2,1-2H3,(H,15,17). The zero-order valence-corrected chi connectivity index (χ0v) is 10.4. The quantitative estimate of drug-likeness (QED) is 0.541. The highest BCUT2D eigenvalue weighted by Crippen LogP contribution is 2.18. The van der Waals surface area contributed by atoms with E-state index in [0.29, 0.717) is 23.7 Å².